The summed E-state index contributed by atoms with van der Waals surface area (Å²) in [5.41, 5.74) is 4.74. The van der Waals surface area contributed by atoms with E-state index in [-0.39, 0.29) is 12.1 Å². The highest BCUT2D eigenvalue weighted by molar-refractivity contribution is 7.11. The molecule has 0 saturated heterocycles. The summed E-state index contributed by atoms with van der Waals surface area (Å²) >= 11 is 1.43. The number of nitrogens with zero attached hydrogens (tertiary/aromatic N) is 2. The summed E-state index contributed by atoms with van der Waals surface area (Å²) in [5.74, 6) is -0.355. The number of nitriles is 1. The molecule has 0 spiro atoms. The summed E-state index contributed by atoms with van der Waals surface area (Å²) in [6.45, 7) is 5.66. The second kappa shape index (κ2) is 9.18. The van der Waals surface area contributed by atoms with E-state index < -0.39 is 0 Å². The van der Waals surface area contributed by atoms with Crippen LogP contribution >= 0.6 is 11.3 Å². The van der Waals surface area contributed by atoms with Crippen LogP contribution in [0.15, 0.2) is 60.1 Å². The van der Waals surface area contributed by atoms with Gasteiger partial charge in [-0.3, -0.25) is 0 Å². The Labute approximate surface area is 174 Å². The molecule has 0 unspecified atom stereocenters. The lowest BCUT2D eigenvalue weighted by Crippen LogP contribution is -2.11. The smallest absolute Gasteiger partial charge is 0.338 e. The number of aromatic nitrogens is 1. The average molecular weight is 404 g/mol. The van der Waals surface area contributed by atoms with Gasteiger partial charge in [-0.2, -0.15) is 5.26 Å². The van der Waals surface area contributed by atoms with Gasteiger partial charge in [0, 0.05) is 22.8 Å². The molecule has 1 N–H and O–H groups in total. The maximum absolute atomic E-state index is 11.9. The molecule has 2 aromatic carbocycles. The minimum atomic E-state index is -0.355. The van der Waals surface area contributed by atoms with Crippen LogP contribution in [0.4, 0.5) is 5.69 Å². The molecule has 0 amide bonds. The van der Waals surface area contributed by atoms with Crippen molar-refractivity contribution < 1.29 is 9.53 Å². The Morgan fingerprint density at radius 1 is 1.17 bits per heavy atom. The quantitative estimate of drug-likeness (QED) is 0.424. The highest BCUT2D eigenvalue weighted by Crippen LogP contribution is 2.26. The van der Waals surface area contributed by atoms with Crippen molar-refractivity contribution in [2.45, 2.75) is 26.9 Å². The molecule has 3 aromatic rings. The molecule has 146 valence electrons. The van der Waals surface area contributed by atoms with E-state index in [1.54, 1.807) is 30.5 Å². The van der Waals surface area contributed by atoms with Gasteiger partial charge in [-0.05, 0) is 45.0 Å². The third-order valence-corrected chi connectivity index (χ3v) is 4.92. The number of ether oxygens (including phenoxy) is 1. The molecular formula is C23H21N3O2S. The summed E-state index contributed by atoms with van der Waals surface area (Å²) < 4.78 is 5.17. The van der Waals surface area contributed by atoms with Gasteiger partial charge in [0.2, 0.25) is 0 Å². The molecule has 0 radical (unpaired) electrons. The normalized spacial score (nSPS) is 11.2. The number of esters is 1. The van der Waals surface area contributed by atoms with E-state index in [1.807, 2.05) is 50.4 Å². The molecule has 5 nitrogen and oxygen atoms in total. The maximum Gasteiger partial charge on any atom is 0.338 e. The second-order valence-corrected chi connectivity index (χ2v) is 7.61. The van der Waals surface area contributed by atoms with Crippen LogP contribution in [0.2, 0.25) is 0 Å². The minimum Gasteiger partial charge on any atom is -0.459 e. The number of hydrogen-bond acceptors (Lipinski definition) is 6. The fraction of sp³-hybridized carbons (Fsp3) is 0.174. The van der Waals surface area contributed by atoms with E-state index in [0.29, 0.717) is 16.1 Å². The van der Waals surface area contributed by atoms with Crippen molar-refractivity contribution in [2.24, 2.45) is 0 Å². The Morgan fingerprint density at radius 3 is 2.48 bits per heavy atom. The number of nitrogens with one attached hydrogen (secondary N) is 1. The average Bonchev–Trinajstić information content (AvgIpc) is 3.19. The Kier molecular flexibility index (Phi) is 6.43. The molecule has 0 atom stereocenters. The van der Waals surface area contributed by atoms with E-state index in [9.17, 15) is 10.1 Å². The molecule has 0 aliphatic rings. The predicted octanol–water partition coefficient (Wildman–Crippen LogP) is 5.66. The highest BCUT2D eigenvalue weighted by atomic mass is 32.1. The molecule has 0 aliphatic carbocycles. The lowest BCUT2D eigenvalue weighted by atomic mass is 10.1. The van der Waals surface area contributed by atoms with Crippen LogP contribution in [0.5, 0.6) is 0 Å². The van der Waals surface area contributed by atoms with E-state index in [2.05, 4.69) is 16.4 Å². The number of carbonyl (C=O) groups excluding carboxylic acids is 1. The van der Waals surface area contributed by atoms with E-state index in [0.717, 1.165) is 16.9 Å². The summed E-state index contributed by atoms with van der Waals surface area (Å²) in [6.07, 6.45) is 1.46. The molecular weight excluding hydrogens is 382 g/mol. The van der Waals surface area contributed by atoms with Crippen LogP contribution < -0.4 is 5.32 Å². The zero-order chi connectivity index (χ0) is 20.8. The number of rotatable bonds is 6. The number of allylic oxidation sites excluding steroid dienone is 1. The molecule has 0 bridgehead atoms. The summed E-state index contributed by atoms with van der Waals surface area (Å²) in [4.78, 5) is 16.5. The summed E-state index contributed by atoms with van der Waals surface area (Å²) in [6, 6.07) is 17.2. The van der Waals surface area contributed by atoms with Crippen LogP contribution in [0.25, 0.3) is 16.8 Å². The fourth-order valence-electron chi connectivity index (χ4n) is 2.54. The van der Waals surface area contributed by atoms with Gasteiger partial charge in [0.1, 0.15) is 16.6 Å². The largest absolute Gasteiger partial charge is 0.459 e. The predicted molar refractivity (Wildman–Crippen MR) is 116 cm³/mol. The molecule has 29 heavy (non-hydrogen) atoms. The lowest BCUT2D eigenvalue weighted by Gasteiger charge is -2.08. The van der Waals surface area contributed by atoms with Crippen molar-refractivity contribution in [3.63, 3.8) is 0 Å². The second-order valence-electron chi connectivity index (χ2n) is 6.75. The van der Waals surface area contributed by atoms with Crippen LogP contribution in [0.1, 0.15) is 34.8 Å². The number of hydrogen-bond donors (Lipinski definition) is 1. The molecule has 3 rings (SSSR count). The Bertz CT molecular complexity index is 1060. The molecule has 0 fully saturated rings. The van der Waals surface area contributed by atoms with E-state index in [4.69, 9.17) is 4.74 Å². The highest BCUT2D eigenvalue weighted by Gasteiger charge is 2.10. The SMILES string of the molecule is Cc1ccc(-c2csc(/C(C#N)=C/Nc3ccc(C(=O)OC(C)C)cc3)n2)cc1. The van der Waals surface area contributed by atoms with Gasteiger partial charge < -0.3 is 10.1 Å². The number of anilines is 1. The van der Waals surface area contributed by atoms with Gasteiger partial charge in [-0.1, -0.05) is 29.8 Å². The molecule has 1 heterocycles. The van der Waals surface area contributed by atoms with Crippen LogP contribution in [0, 0.1) is 18.3 Å². The maximum atomic E-state index is 11.9. The summed E-state index contributed by atoms with van der Waals surface area (Å²) in [7, 11) is 0. The van der Waals surface area contributed by atoms with Gasteiger partial charge in [0.25, 0.3) is 0 Å². The van der Waals surface area contributed by atoms with Gasteiger partial charge >= 0.3 is 5.97 Å². The Balaban J connectivity index is 1.72. The van der Waals surface area contributed by atoms with E-state index in [1.165, 1.54) is 16.9 Å². The van der Waals surface area contributed by atoms with Gasteiger partial charge in [0.15, 0.2) is 0 Å². The first-order chi connectivity index (χ1) is 14.0. The molecule has 0 saturated carbocycles. The van der Waals surface area contributed by atoms with Crippen LogP contribution in [-0.4, -0.2) is 17.1 Å². The topological polar surface area (TPSA) is 75.0 Å². The first-order valence-corrected chi connectivity index (χ1v) is 10.0. The Hall–Kier alpha value is -3.43. The first-order valence-electron chi connectivity index (χ1n) is 9.17. The van der Waals surface area contributed by atoms with Gasteiger partial charge in [-0.15, -0.1) is 11.3 Å². The molecule has 6 heteroatoms. The standard InChI is InChI=1S/C23H21N3O2S/c1-15(2)28-23(27)18-8-10-20(11-9-18)25-13-19(12-24)22-26-21(14-29-22)17-6-4-16(3)5-7-17/h4-11,13-15,25H,1-3H3/b19-13+. The number of carbonyl (C=O) groups is 1. The minimum absolute atomic E-state index is 0.162. The monoisotopic (exact) mass is 403 g/mol. The van der Waals surface area contributed by atoms with Crippen LogP contribution in [0.3, 0.4) is 0 Å². The van der Waals surface area contributed by atoms with Crippen molar-refractivity contribution in [1.82, 2.24) is 4.98 Å². The summed E-state index contributed by atoms with van der Waals surface area (Å²) in [5, 5.41) is 15.2. The number of benzene rings is 2. The molecule has 1 aromatic heterocycles. The third kappa shape index (κ3) is 5.31. The third-order valence-electron chi connectivity index (χ3n) is 4.05. The van der Waals surface area contributed by atoms with Gasteiger partial charge in [-0.25, -0.2) is 9.78 Å². The lowest BCUT2D eigenvalue weighted by molar-refractivity contribution is 0.0378. The van der Waals surface area contributed by atoms with E-state index >= 15 is 0 Å². The fourth-order valence-corrected chi connectivity index (χ4v) is 3.33. The van der Waals surface area contributed by atoms with Crippen molar-refractivity contribution in [1.29, 1.82) is 5.26 Å². The van der Waals surface area contributed by atoms with Crippen LogP contribution in [-0.2, 0) is 4.74 Å². The zero-order valence-corrected chi connectivity index (χ0v) is 17.3. The van der Waals surface area contributed by atoms with Crippen molar-refractivity contribution >= 4 is 28.6 Å². The van der Waals surface area contributed by atoms with Crippen molar-refractivity contribution in [3.05, 3.63) is 76.2 Å². The van der Waals surface area contributed by atoms with Crippen molar-refractivity contribution in [3.8, 4) is 17.3 Å². The number of aryl methyl sites for hydroxylation is 1. The van der Waals surface area contributed by atoms with Crippen molar-refractivity contribution in [2.75, 3.05) is 5.32 Å². The number of thiazole rings is 1. The van der Waals surface area contributed by atoms with Gasteiger partial charge in [0.05, 0.1) is 17.4 Å². The first kappa shape index (κ1) is 20.3. The Morgan fingerprint density at radius 2 is 1.86 bits per heavy atom. The molecule has 0 aliphatic heterocycles. The zero-order valence-electron chi connectivity index (χ0n) is 16.5.